The SMILES string of the molecule is C[n+]1[c-]n(C2(c3[c-]c(C4(c5[c-]c(C6(c7ccccn7)c7ncccc7-c7cccnc76)ccc5)c5ncccc5-c5cccnc54)ccc3)c3ncccc3-c3cccnc32)cc1.[Pt]. The van der Waals surface area contributed by atoms with Gasteiger partial charge in [-0.15, -0.1) is 22.3 Å². The topological polar surface area (TPSA) is 99.0 Å². The number of aromatic nitrogens is 9. The van der Waals surface area contributed by atoms with Gasteiger partial charge in [0.1, 0.15) is 16.8 Å². The van der Waals surface area contributed by atoms with Gasteiger partial charge in [-0.3, -0.25) is 34.9 Å². The van der Waals surface area contributed by atoms with Gasteiger partial charge in [-0.05, 0) is 60.9 Å². The van der Waals surface area contributed by atoms with Gasteiger partial charge in [0.05, 0.1) is 40.9 Å². The van der Waals surface area contributed by atoms with E-state index < -0.39 is 16.4 Å². The third-order valence-corrected chi connectivity index (χ3v) is 13.1. The summed E-state index contributed by atoms with van der Waals surface area (Å²) < 4.78 is 4.01. The molecule has 0 unspecified atom stereocenters. The summed E-state index contributed by atoms with van der Waals surface area (Å²) in [6.45, 7) is 0. The van der Waals surface area contributed by atoms with Crippen LogP contribution in [0.3, 0.4) is 0 Å². The second kappa shape index (κ2) is 14.2. The average Bonchev–Trinajstić information content (AvgIpc) is 4.09. The van der Waals surface area contributed by atoms with Gasteiger partial charge in [0.2, 0.25) is 6.33 Å². The first-order valence-electron chi connectivity index (χ1n) is 20.8. The van der Waals surface area contributed by atoms with E-state index in [1.54, 1.807) is 0 Å². The first-order chi connectivity index (χ1) is 31.2. The summed E-state index contributed by atoms with van der Waals surface area (Å²) in [4.78, 5) is 36.2. The molecule has 0 amide bonds. The van der Waals surface area contributed by atoms with Gasteiger partial charge in [-0.25, -0.2) is 0 Å². The molecule has 0 atom stereocenters. The van der Waals surface area contributed by atoms with Crippen LogP contribution in [0, 0.1) is 18.5 Å². The summed E-state index contributed by atoms with van der Waals surface area (Å²) in [7, 11) is 1.98. The molecule has 8 aromatic heterocycles. The third-order valence-electron chi connectivity index (χ3n) is 13.1. The van der Waals surface area contributed by atoms with Crippen molar-refractivity contribution in [2.24, 2.45) is 7.05 Å². The van der Waals surface area contributed by atoms with Gasteiger partial charge in [0, 0.05) is 97.8 Å². The molecule has 0 bridgehead atoms. The molecule has 9 nitrogen and oxygen atoms in total. The molecule has 0 radical (unpaired) electrons. The molecule has 0 spiro atoms. The minimum absolute atomic E-state index is 0. The van der Waals surface area contributed by atoms with Crippen molar-refractivity contribution in [3.8, 4) is 33.4 Å². The van der Waals surface area contributed by atoms with Crippen molar-refractivity contribution in [1.29, 1.82) is 0 Å². The minimum Gasteiger partial charge on any atom is -0.354 e. The summed E-state index contributed by atoms with van der Waals surface area (Å²) in [5.41, 5.74) is 12.2. The summed E-state index contributed by atoms with van der Waals surface area (Å²) in [6, 6.07) is 51.6. The zero-order chi connectivity index (χ0) is 41.8. The standard InChI is InChI=1S/C54H33N9.Pt/c1-62-30-31-63(34-62)54(50-43(20-10-28-60-50)44-21-11-29-61-51(44)54)38-15-5-13-36(33-38)52(46-39(16-6-24-56-46)40-17-7-25-57-47(40)52)35-12-4-14-37(32-35)53(45-22-2-3-23-55-45)48-41(18-8-26-58-48)42-19-9-27-59-49(42)53;/h2-31H,1H3;/q-2;. The van der Waals surface area contributed by atoms with Crippen molar-refractivity contribution in [3.05, 3.63) is 264 Å². The van der Waals surface area contributed by atoms with Crippen LogP contribution in [-0.4, -0.2) is 39.5 Å². The van der Waals surface area contributed by atoms with E-state index >= 15 is 0 Å². The molecule has 0 aliphatic heterocycles. The molecular formula is C54H33N9Pt-2. The van der Waals surface area contributed by atoms with Crippen molar-refractivity contribution < 1.29 is 25.6 Å². The Bertz CT molecular complexity index is 3340. The summed E-state index contributed by atoms with van der Waals surface area (Å²) in [5, 5.41) is 0. The Kier molecular flexibility index (Phi) is 8.46. The molecule has 0 saturated carbocycles. The fraction of sp³-hybridized carbons (Fsp3) is 0.0741. The second-order valence-electron chi connectivity index (χ2n) is 16.2. The van der Waals surface area contributed by atoms with Crippen molar-refractivity contribution in [2.45, 2.75) is 16.4 Å². The molecule has 2 aromatic carbocycles. The Morgan fingerprint density at radius 1 is 0.406 bits per heavy atom. The number of imidazole rings is 1. The number of hydrogen-bond donors (Lipinski definition) is 0. The molecule has 0 N–H and O–H groups in total. The van der Waals surface area contributed by atoms with Crippen LogP contribution >= 0.6 is 0 Å². The molecule has 8 heterocycles. The van der Waals surface area contributed by atoms with Gasteiger partial charge in [-0.1, -0.05) is 42.5 Å². The predicted molar refractivity (Wildman–Crippen MR) is 235 cm³/mol. The number of hydrogen-bond acceptors (Lipinski definition) is 7. The Balaban J connectivity index is 0.00000433. The second-order valence-corrected chi connectivity index (χ2v) is 16.2. The average molecular weight is 1000 g/mol. The molecule has 3 aliphatic rings. The molecule has 64 heavy (non-hydrogen) atoms. The molecule has 0 saturated heterocycles. The van der Waals surface area contributed by atoms with Crippen LogP contribution in [0.25, 0.3) is 33.4 Å². The van der Waals surface area contributed by atoms with Crippen molar-refractivity contribution in [1.82, 2.24) is 39.5 Å². The first-order valence-corrected chi connectivity index (χ1v) is 20.8. The largest absolute Gasteiger partial charge is 0.354 e. The number of aryl methyl sites for hydroxylation is 1. The first kappa shape index (κ1) is 38.1. The van der Waals surface area contributed by atoms with Crippen LogP contribution in [0.1, 0.15) is 62.1 Å². The monoisotopic (exact) mass is 1000 g/mol. The maximum absolute atomic E-state index is 5.28. The maximum atomic E-state index is 5.28. The quantitative estimate of drug-likeness (QED) is 0.123. The molecule has 0 fully saturated rings. The van der Waals surface area contributed by atoms with E-state index in [2.05, 4.69) is 102 Å². The van der Waals surface area contributed by atoms with Gasteiger partial charge in [0.15, 0.2) is 5.54 Å². The zero-order valence-electron chi connectivity index (χ0n) is 34.2. The Labute approximate surface area is 383 Å². The third kappa shape index (κ3) is 4.82. The van der Waals surface area contributed by atoms with Crippen LogP contribution in [0.15, 0.2) is 183 Å². The number of rotatable bonds is 6. The molecule has 3 aliphatic carbocycles. The van der Waals surface area contributed by atoms with E-state index in [9.17, 15) is 0 Å². The van der Waals surface area contributed by atoms with Gasteiger partial charge in [0.25, 0.3) is 0 Å². The van der Waals surface area contributed by atoms with Gasteiger partial charge < -0.3 is 9.13 Å². The minimum atomic E-state index is -1.09. The number of pyridine rings is 7. The molecule has 10 aromatic rings. The van der Waals surface area contributed by atoms with Crippen molar-refractivity contribution >= 4 is 0 Å². The van der Waals surface area contributed by atoms with Crippen LogP contribution in [0.4, 0.5) is 0 Å². The van der Waals surface area contributed by atoms with Crippen LogP contribution < -0.4 is 4.57 Å². The fourth-order valence-corrected chi connectivity index (χ4v) is 10.7. The normalized spacial score (nSPS) is 14.9. The smallest absolute Gasteiger partial charge is 0.204 e. The Morgan fingerprint density at radius 3 is 1.23 bits per heavy atom. The molecule has 13 rings (SSSR count). The van der Waals surface area contributed by atoms with E-state index in [1.807, 2.05) is 116 Å². The van der Waals surface area contributed by atoms with Gasteiger partial charge in [-0.2, -0.15) is 48.5 Å². The molecular weight excluding hydrogens is 970 g/mol. The maximum Gasteiger partial charge on any atom is 0.204 e. The van der Waals surface area contributed by atoms with E-state index in [0.717, 1.165) is 95.5 Å². The van der Waals surface area contributed by atoms with Crippen molar-refractivity contribution in [2.75, 3.05) is 0 Å². The number of fused-ring (bicyclic) bond motifs is 9. The van der Waals surface area contributed by atoms with Crippen LogP contribution in [-0.2, 0) is 44.5 Å². The number of benzene rings is 2. The molecule has 306 valence electrons. The zero-order valence-corrected chi connectivity index (χ0v) is 36.4. The number of nitrogens with zero attached hydrogens (tertiary/aromatic N) is 9. The van der Waals surface area contributed by atoms with Crippen LogP contribution in [0.5, 0.6) is 0 Å². The van der Waals surface area contributed by atoms with E-state index in [1.165, 1.54) is 0 Å². The van der Waals surface area contributed by atoms with Crippen LogP contribution in [0.2, 0.25) is 0 Å². The van der Waals surface area contributed by atoms with Gasteiger partial charge >= 0.3 is 0 Å². The fourth-order valence-electron chi connectivity index (χ4n) is 10.7. The summed E-state index contributed by atoms with van der Waals surface area (Å²) in [5.74, 6) is 0. The Hall–Kier alpha value is -7.61. The van der Waals surface area contributed by atoms with E-state index in [4.69, 9.17) is 34.9 Å². The van der Waals surface area contributed by atoms with E-state index in [-0.39, 0.29) is 21.1 Å². The summed E-state index contributed by atoms with van der Waals surface area (Å²) in [6.07, 6.45) is 20.6. The molecule has 10 heteroatoms. The van der Waals surface area contributed by atoms with Crippen molar-refractivity contribution in [3.63, 3.8) is 0 Å². The Morgan fingerprint density at radius 2 is 0.797 bits per heavy atom. The summed E-state index contributed by atoms with van der Waals surface area (Å²) >= 11 is 0. The van der Waals surface area contributed by atoms with E-state index in [0.29, 0.717) is 0 Å². The predicted octanol–water partition coefficient (Wildman–Crippen LogP) is 8.02.